The van der Waals surface area contributed by atoms with Crippen molar-refractivity contribution in [2.24, 2.45) is 0 Å². The van der Waals surface area contributed by atoms with Crippen LogP contribution in [-0.4, -0.2) is 29.1 Å². The number of rotatable bonds is 7. The van der Waals surface area contributed by atoms with Gasteiger partial charge in [-0.25, -0.2) is 4.79 Å². The number of nitro groups is 1. The lowest BCUT2D eigenvalue weighted by molar-refractivity contribution is -0.384. The number of esters is 1. The summed E-state index contributed by atoms with van der Waals surface area (Å²) in [6.07, 6.45) is 0. The van der Waals surface area contributed by atoms with Gasteiger partial charge in [0.15, 0.2) is 0 Å². The van der Waals surface area contributed by atoms with Gasteiger partial charge in [0.1, 0.15) is 18.1 Å². The lowest BCUT2D eigenvalue weighted by Crippen LogP contribution is -2.14. The number of hydrogen-bond acceptors (Lipinski definition) is 8. The molecule has 3 aromatic rings. The SMILES string of the molecule is COC(=O)c1cccc(NC(=O)c2ccc([N+](=O)[O-])cc2OCc2c(C)noc2C)c1. The smallest absolute Gasteiger partial charge is 0.337 e. The maximum atomic E-state index is 12.9. The molecule has 1 heterocycles. The molecule has 0 saturated carbocycles. The molecule has 0 fully saturated rings. The van der Waals surface area contributed by atoms with Crippen LogP contribution in [0.2, 0.25) is 0 Å². The second kappa shape index (κ2) is 9.08. The summed E-state index contributed by atoms with van der Waals surface area (Å²) in [5, 5.41) is 17.7. The van der Waals surface area contributed by atoms with E-state index < -0.39 is 16.8 Å². The number of hydrogen-bond donors (Lipinski definition) is 1. The Labute approximate surface area is 176 Å². The first kappa shape index (κ1) is 21.5. The van der Waals surface area contributed by atoms with E-state index in [1.54, 1.807) is 32.0 Å². The Morgan fingerprint density at radius 2 is 1.97 bits per heavy atom. The van der Waals surface area contributed by atoms with Crippen molar-refractivity contribution < 1.29 is 28.5 Å². The van der Waals surface area contributed by atoms with Gasteiger partial charge in [0.25, 0.3) is 11.6 Å². The maximum absolute atomic E-state index is 12.9. The fourth-order valence-electron chi connectivity index (χ4n) is 2.83. The molecule has 1 amide bonds. The number of aromatic nitrogens is 1. The summed E-state index contributed by atoms with van der Waals surface area (Å²) in [5.74, 6) is -0.537. The predicted octanol–water partition coefficient (Wildman–Crippen LogP) is 3.82. The van der Waals surface area contributed by atoms with Crippen LogP contribution in [0.25, 0.3) is 0 Å². The highest BCUT2D eigenvalue weighted by Crippen LogP contribution is 2.27. The number of benzene rings is 2. The van der Waals surface area contributed by atoms with Crippen LogP contribution in [0.4, 0.5) is 11.4 Å². The van der Waals surface area contributed by atoms with Gasteiger partial charge in [-0.05, 0) is 38.1 Å². The molecule has 160 valence electrons. The number of aryl methyl sites for hydroxylation is 2. The van der Waals surface area contributed by atoms with E-state index in [0.29, 0.717) is 22.7 Å². The van der Waals surface area contributed by atoms with E-state index >= 15 is 0 Å². The number of amides is 1. The maximum Gasteiger partial charge on any atom is 0.337 e. The minimum Gasteiger partial charge on any atom is -0.488 e. The average Bonchev–Trinajstić information content (AvgIpc) is 3.08. The number of nitrogens with one attached hydrogen (secondary N) is 1. The Balaban J connectivity index is 1.88. The molecule has 0 saturated heterocycles. The zero-order valence-corrected chi connectivity index (χ0v) is 17.0. The molecular weight excluding hydrogens is 406 g/mol. The van der Waals surface area contributed by atoms with Crippen LogP contribution in [0.3, 0.4) is 0 Å². The van der Waals surface area contributed by atoms with E-state index in [9.17, 15) is 19.7 Å². The van der Waals surface area contributed by atoms with E-state index in [4.69, 9.17) is 9.26 Å². The van der Waals surface area contributed by atoms with Gasteiger partial charge in [-0.15, -0.1) is 0 Å². The van der Waals surface area contributed by atoms with Gasteiger partial charge in [-0.1, -0.05) is 11.2 Å². The summed E-state index contributed by atoms with van der Waals surface area (Å²) >= 11 is 0. The molecule has 10 nitrogen and oxygen atoms in total. The molecule has 0 aliphatic heterocycles. The molecule has 0 atom stereocenters. The predicted molar refractivity (Wildman–Crippen MR) is 109 cm³/mol. The second-order valence-corrected chi connectivity index (χ2v) is 6.56. The van der Waals surface area contributed by atoms with Crippen molar-refractivity contribution in [3.05, 3.63) is 80.7 Å². The van der Waals surface area contributed by atoms with E-state index in [-0.39, 0.29) is 29.2 Å². The van der Waals surface area contributed by atoms with Gasteiger partial charge < -0.3 is 19.3 Å². The molecule has 0 bridgehead atoms. The molecule has 1 N–H and O–H groups in total. The topological polar surface area (TPSA) is 134 Å². The van der Waals surface area contributed by atoms with Gasteiger partial charge in [-0.2, -0.15) is 0 Å². The lowest BCUT2D eigenvalue weighted by Gasteiger charge is -2.12. The molecule has 0 spiro atoms. The Hall–Kier alpha value is -4.21. The van der Waals surface area contributed by atoms with Crippen LogP contribution in [0.1, 0.15) is 37.7 Å². The number of carbonyl (C=O) groups is 2. The van der Waals surface area contributed by atoms with Gasteiger partial charge >= 0.3 is 5.97 Å². The first-order valence-electron chi connectivity index (χ1n) is 9.13. The Morgan fingerprint density at radius 1 is 1.19 bits per heavy atom. The van der Waals surface area contributed by atoms with Crippen molar-refractivity contribution >= 4 is 23.3 Å². The fraction of sp³-hybridized carbons (Fsp3) is 0.190. The van der Waals surface area contributed by atoms with Gasteiger partial charge in [0.05, 0.1) is 40.5 Å². The van der Waals surface area contributed by atoms with Crippen molar-refractivity contribution in [2.45, 2.75) is 20.5 Å². The second-order valence-electron chi connectivity index (χ2n) is 6.56. The molecule has 31 heavy (non-hydrogen) atoms. The normalized spacial score (nSPS) is 10.4. The van der Waals surface area contributed by atoms with Crippen LogP contribution in [-0.2, 0) is 11.3 Å². The van der Waals surface area contributed by atoms with E-state index in [1.165, 1.54) is 31.4 Å². The summed E-state index contributed by atoms with van der Waals surface area (Å²) in [4.78, 5) is 35.1. The standard InChI is InChI=1S/C21H19N3O7/c1-12-18(13(2)31-23-12)11-30-19-10-16(24(27)28)7-8-17(19)20(25)22-15-6-4-5-14(9-15)21(26)29-3/h4-10H,11H2,1-3H3,(H,22,25). The Bertz CT molecular complexity index is 1130. The lowest BCUT2D eigenvalue weighted by atomic mass is 10.1. The largest absolute Gasteiger partial charge is 0.488 e. The molecule has 2 aromatic carbocycles. The van der Waals surface area contributed by atoms with Gasteiger partial charge in [-0.3, -0.25) is 14.9 Å². The van der Waals surface area contributed by atoms with Crippen molar-refractivity contribution in [2.75, 3.05) is 12.4 Å². The monoisotopic (exact) mass is 425 g/mol. The summed E-state index contributed by atoms with van der Waals surface area (Å²) in [6.45, 7) is 3.47. The fourth-order valence-corrected chi connectivity index (χ4v) is 2.83. The number of ether oxygens (including phenoxy) is 2. The Morgan fingerprint density at radius 3 is 2.61 bits per heavy atom. The summed E-state index contributed by atoms with van der Waals surface area (Å²) in [7, 11) is 1.26. The summed E-state index contributed by atoms with van der Waals surface area (Å²) in [5.41, 5.74) is 1.78. The zero-order valence-electron chi connectivity index (χ0n) is 17.0. The number of carbonyl (C=O) groups excluding carboxylic acids is 2. The molecule has 10 heteroatoms. The van der Waals surface area contributed by atoms with Crippen LogP contribution in [0.5, 0.6) is 5.75 Å². The molecule has 1 aromatic heterocycles. The van der Waals surface area contributed by atoms with Crippen molar-refractivity contribution in [3.63, 3.8) is 0 Å². The highest BCUT2D eigenvalue weighted by molar-refractivity contribution is 6.06. The highest BCUT2D eigenvalue weighted by atomic mass is 16.6. The molecular formula is C21H19N3O7. The third-order valence-corrected chi connectivity index (χ3v) is 4.52. The average molecular weight is 425 g/mol. The molecule has 0 aliphatic rings. The minimum atomic E-state index is -0.579. The number of nitrogens with zero attached hydrogens (tertiary/aromatic N) is 2. The number of methoxy groups -OCH3 is 1. The summed E-state index contributed by atoms with van der Waals surface area (Å²) in [6, 6.07) is 9.89. The van der Waals surface area contributed by atoms with Crippen LogP contribution >= 0.6 is 0 Å². The quantitative estimate of drug-likeness (QED) is 0.343. The minimum absolute atomic E-state index is 0.0143. The van der Waals surface area contributed by atoms with E-state index in [2.05, 4.69) is 15.2 Å². The van der Waals surface area contributed by atoms with E-state index in [1.807, 2.05) is 0 Å². The molecule has 0 radical (unpaired) electrons. The third kappa shape index (κ3) is 4.86. The molecule has 0 aliphatic carbocycles. The van der Waals surface area contributed by atoms with Crippen LogP contribution in [0.15, 0.2) is 47.0 Å². The Kier molecular flexibility index (Phi) is 6.29. The van der Waals surface area contributed by atoms with Crippen LogP contribution < -0.4 is 10.1 Å². The highest BCUT2D eigenvalue weighted by Gasteiger charge is 2.19. The van der Waals surface area contributed by atoms with Crippen molar-refractivity contribution in [3.8, 4) is 5.75 Å². The first-order valence-corrected chi connectivity index (χ1v) is 9.13. The van der Waals surface area contributed by atoms with Crippen molar-refractivity contribution in [1.29, 1.82) is 0 Å². The third-order valence-electron chi connectivity index (χ3n) is 4.52. The van der Waals surface area contributed by atoms with Gasteiger partial charge in [0.2, 0.25) is 0 Å². The van der Waals surface area contributed by atoms with Gasteiger partial charge in [0, 0.05) is 11.8 Å². The molecule has 3 rings (SSSR count). The van der Waals surface area contributed by atoms with E-state index in [0.717, 1.165) is 0 Å². The summed E-state index contributed by atoms with van der Waals surface area (Å²) < 4.78 is 15.5. The number of anilines is 1. The molecule has 0 unspecified atom stereocenters. The zero-order chi connectivity index (χ0) is 22.5. The first-order chi connectivity index (χ1) is 14.8. The number of non-ortho nitro benzene ring substituents is 1. The van der Waals surface area contributed by atoms with Crippen molar-refractivity contribution in [1.82, 2.24) is 5.16 Å². The number of nitro benzene ring substituents is 1. The van der Waals surface area contributed by atoms with Crippen LogP contribution in [0, 0.1) is 24.0 Å².